The maximum atomic E-state index is 10.4. The standard InChI is InChI=1S/C12H20OS/c13-12(3-4-14-8-12)7-11-6-9-1-2-10(11)5-9/h9-11,13H,1-8H2. The Morgan fingerprint density at radius 1 is 1.29 bits per heavy atom. The van der Waals surface area contributed by atoms with Crippen molar-refractivity contribution in [1.82, 2.24) is 0 Å². The summed E-state index contributed by atoms with van der Waals surface area (Å²) in [6.45, 7) is 0. The highest BCUT2D eigenvalue weighted by Gasteiger charge is 2.44. The van der Waals surface area contributed by atoms with Gasteiger partial charge in [-0.3, -0.25) is 0 Å². The first-order valence-corrected chi connectivity index (χ1v) is 7.21. The molecule has 1 N–H and O–H groups in total. The van der Waals surface area contributed by atoms with Gasteiger partial charge in [0.1, 0.15) is 0 Å². The maximum Gasteiger partial charge on any atom is 0.0748 e. The molecule has 0 aromatic rings. The minimum absolute atomic E-state index is 0.278. The Balaban J connectivity index is 1.62. The molecule has 4 unspecified atom stereocenters. The largest absolute Gasteiger partial charge is 0.389 e. The summed E-state index contributed by atoms with van der Waals surface area (Å²) in [4.78, 5) is 0. The molecule has 0 spiro atoms. The lowest BCUT2D eigenvalue weighted by molar-refractivity contribution is 0.0316. The maximum absolute atomic E-state index is 10.4. The van der Waals surface area contributed by atoms with Crippen molar-refractivity contribution in [1.29, 1.82) is 0 Å². The number of hydrogen-bond acceptors (Lipinski definition) is 2. The number of fused-ring (bicyclic) bond motifs is 2. The molecule has 3 rings (SSSR count). The molecule has 4 atom stereocenters. The zero-order chi connectivity index (χ0) is 9.60. The lowest BCUT2D eigenvalue weighted by Crippen LogP contribution is -2.32. The summed E-state index contributed by atoms with van der Waals surface area (Å²) in [6.07, 6.45) is 8.01. The van der Waals surface area contributed by atoms with Crippen molar-refractivity contribution in [2.24, 2.45) is 17.8 Å². The van der Waals surface area contributed by atoms with Crippen LogP contribution in [0.3, 0.4) is 0 Å². The molecule has 3 fully saturated rings. The Labute approximate surface area is 90.7 Å². The van der Waals surface area contributed by atoms with Crippen LogP contribution in [0.15, 0.2) is 0 Å². The molecule has 2 aliphatic carbocycles. The zero-order valence-corrected chi connectivity index (χ0v) is 9.56. The van der Waals surface area contributed by atoms with Gasteiger partial charge in [-0.1, -0.05) is 6.42 Å². The zero-order valence-electron chi connectivity index (χ0n) is 8.74. The number of thioether (sulfide) groups is 1. The van der Waals surface area contributed by atoms with Crippen molar-refractivity contribution in [3.05, 3.63) is 0 Å². The van der Waals surface area contributed by atoms with Gasteiger partial charge in [0.2, 0.25) is 0 Å². The van der Waals surface area contributed by atoms with E-state index in [-0.39, 0.29) is 5.60 Å². The molecular weight excluding hydrogens is 192 g/mol. The SMILES string of the molecule is OC1(CC2CC3CCC2C3)CCSC1. The van der Waals surface area contributed by atoms with E-state index >= 15 is 0 Å². The average molecular weight is 212 g/mol. The quantitative estimate of drug-likeness (QED) is 0.759. The third kappa shape index (κ3) is 1.61. The highest BCUT2D eigenvalue weighted by atomic mass is 32.2. The fraction of sp³-hybridized carbons (Fsp3) is 1.00. The third-order valence-corrected chi connectivity index (χ3v) is 5.84. The molecule has 1 aliphatic heterocycles. The molecule has 2 saturated carbocycles. The summed E-state index contributed by atoms with van der Waals surface area (Å²) in [5.74, 6) is 5.06. The van der Waals surface area contributed by atoms with Crippen LogP contribution in [-0.2, 0) is 0 Å². The van der Waals surface area contributed by atoms with Gasteiger partial charge in [0.05, 0.1) is 5.60 Å². The van der Waals surface area contributed by atoms with Gasteiger partial charge >= 0.3 is 0 Å². The summed E-state index contributed by atoms with van der Waals surface area (Å²) in [7, 11) is 0. The molecule has 0 radical (unpaired) electrons. The number of hydrogen-bond donors (Lipinski definition) is 1. The van der Waals surface area contributed by atoms with E-state index in [0.717, 1.165) is 36.3 Å². The van der Waals surface area contributed by atoms with Gasteiger partial charge in [0, 0.05) is 5.75 Å². The van der Waals surface area contributed by atoms with E-state index in [4.69, 9.17) is 0 Å². The van der Waals surface area contributed by atoms with E-state index in [2.05, 4.69) is 0 Å². The molecule has 80 valence electrons. The van der Waals surface area contributed by atoms with E-state index in [0.29, 0.717) is 0 Å². The van der Waals surface area contributed by atoms with Crippen LogP contribution in [0.25, 0.3) is 0 Å². The Morgan fingerprint density at radius 3 is 2.79 bits per heavy atom. The third-order valence-electron chi connectivity index (χ3n) is 4.61. The van der Waals surface area contributed by atoms with Crippen molar-refractivity contribution in [3.63, 3.8) is 0 Å². The van der Waals surface area contributed by atoms with Gasteiger partial charge in [-0.2, -0.15) is 11.8 Å². The van der Waals surface area contributed by atoms with Crippen molar-refractivity contribution >= 4 is 11.8 Å². The molecular formula is C12H20OS. The Hall–Kier alpha value is 0.310. The first-order chi connectivity index (χ1) is 6.75. The van der Waals surface area contributed by atoms with Gasteiger partial charge in [-0.15, -0.1) is 0 Å². The molecule has 2 heteroatoms. The molecule has 3 aliphatic rings. The van der Waals surface area contributed by atoms with E-state index in [1.165, 1.54) is 31.4 Å². The normalized spacial score (nSPS) is 51.6. The van der Waals surface area contributed by atoms with Crippen molar-refractivity contribution < 1.29 is 5.11 Å². The predicted molar refractivity (Wildman–Crippen MR) is 60.4 cm³/mol. The van der Waals surface area contributed by atoms with Gasteiger partial charge in [-0.25, -0.2) is 0 Å². The number of rotatable bonds is 2. The van der Waals surface area contributed by atoms with Crippen LogP contribution in [0.2, 0.25) is 0 Å². The van der Waals surface area contributed by atoms with Crippen LogP contribution in [0.5, 0.6) is 0 Å². The fourth-order valence-electron chi connectivity index (χ4n) is 3.87. The van der Waals surface area contributed by atoms with Crippen LogP contribution in [-0.4, -0.2) is 22.2 Å². The van der Waals surface area contributed by atoms with E-state index in [1.54, 1.807) is 0 Å². The lowest BCUT2D eigenvalue weighted by Gasteiger charge is -2.30. The smallest absolute Gasteiger partial charge is 0.0748 e. The minimum Gasteiger partial charge on any atom is -0.389 e. The number of aliphatic hydroxyl groups is 1. The summed E-state index contributed by atoms with van der Waals surface area (Å²) >= 11 is 1.93. The molecule has 0 aromatic carbocycles. The molecule has 0 amide bonds. The van der Waals surface area contributed by atoms with Crippen LogP contribution in [0.4, 0.5) is 0 Å². The highest BCUT2D eigenvalue weighted by molar-refractivity contribution is 7.99. The highest BCUT2D eigenvalue weighted by Crippen LogP contribution is 2.51. The van der Waals surface area contributed by atoms with Crippen molar-refractivity contribution in [3.8, 4) is 0 Å². The van der Waals surface area contributed by atoms with Gasteiger partial charge < -0.3 is 5.11 Å². The Bertz CT molecular complexity index is 222. The van der Waals surface area contributed by atoms with Gasteiger partial charge in [-0.05, 0) is 55.6 Å². The minimum atomic E-state index is -0.278. The van der Waals surface area contributed by atoms with Gasteiger partial charge in [0.25, 0.3) is 0 Å². The second-order valence-corrected chi connectivity index (χ2v) is 6.77. The van der Waals surface area contributed by atoms with E-state index in [1.807, 2.05) is 11.8 Å². The molecule has 2 bridgehead atoms. The first kappa shape index (κ1) is 9.53. The Kier molecular flexibility index (Phi) is 2.32. The Morgan fingerprint density at radius 2 is 2.21 bits per heavy atom. The van der Waals surface area contributed by atoms with E-state index in [9.17, 15) is 5.11 Å². The second-order valence-electron chi connectivity index (χ2n) is 5.67. The summed E-state index contributed by atoms with van der Waals surface area (Å²) in [6, 6.07) is 0. The predicted octanol–water partition coefficient (Wildman–Crippen LogP) is 2.68. The molecule has 0 aromatic heterocycles. The van der Waals surface area contributed by atoms with Crippen molar-refractivity contribution in [2.45, 2.75) is 44.1 Å². The fourth-order valence-corrected chi connectivity index (χ4v) is 5.18. The first-order valence-electron chi connectivity index (χ1n) is 6.05. The monoisotopic (exact) mass is 212 g/mol. The van der Waals surface area contributed by atoms with Crippen LogP contribution in [0.1, 0.15) is 38.5 Å². The van der Waals surface area contributed by atoms with Crippen LogP contribution < -0.4 is 0 Å². The lowest BCUT2D eigenvalue weighted by atomic mass is 9.80. The molecule has 1 nitrogen and oxygen atoms in total. The summed E-state index contributed by atoms with van der Waals surface area (Å²) in [5.41, 5.74) is -0.278. The topological polar surface area (TPSA) is 20.2 Å². The summed E-state index contributed by atoms with van der Waals surface area (Å²) < 4.78 is 0. The molecule has 1 saturated heterocycles. The van der Waals surface area contributed by atoms with Gasteiger partial charge in [0.15, 0.2) is 0 Å². The average Bonchev–Trinajstić information content (AvgIpc) is 2.80. The second kappa shape index (κ2) is 3.41. The van der Waals surface area contributed by atoms with Crippen LogP contribution >= 0.6 is 11.8 Å². The summed E-state index contributed by atoms with van der Waals surface area (Å²) in [5, 5.41) is 10.4. The van der Waals surface area contributed by atoms with Crippen molar-refractivity contribution in [2.75, 3.05) is 11.5 Å². The van der Waals surface area contributed by atoms with E-state index < -0.39 is 0 Å². The van der Waals surface area contributed by atoms with Crippen LogP contribution in [0, 0.1) is 17.8 Å². The molecule has 1 heterocycles. The molecule has 14 heavy (non-hydrogen) atoms.